The molecule has 0 radical (unpaired) electrons. The number of nitrogens with one attached hydrogen (secondary N) is 2. The van der Waals surface area contributed by atoms with Crippen molar-refractivity contribution in [2.24, 2.45) is 0 Å². The Balaban J connectivity index is 2.56. The van der Waals surface area contributed by atoms with Crippen LogP contribution in [-0.2, 0) is 4.79 Å². The van der Waals surface area contributed by atoms with E-state index in [-0.39, 0.29) is 29.8 Å². The van der Waals surface area contributed by atoms with Crippen LogP contribution in [0.3, 0.4) is 0 Å². The van der Waals surface area contributed by atoms with E-state index in [4.69, 9.17) is 0 Å². The van der Waals surface area contributed by atoms with Crippen LogP contribution in [0.1, 0.15) is 52.1 Å². The molecular formula is C16H25FN2O. The van der Waals surface area contributed by atoms with E-state index >= 15 is 0 Å². The van der Waals surface area contributed by atoms with Gasteiger partial charge >= 0.3 is 0 Å². The summed E-state index contributed by atoms with van der Waals surface area (Å²) in [4.78, 5) is 12.1. The van der Waals surface area contributed by atoms with Crippen LogP contribution in [0.25, 0.3) is 0 Å². The molecule has 0 aliphatic heterocycles. The van der Waals surface area contributed by atoms with Crippen molar-refractivity contribution in [2.75, 3.05) is 0 Å². The van der Waals surface area contributed by atoms with E-state index in [9.17, 15) is 9.18 Å². The lowest BCUT2D eigenvalue weighted by Crippen LogP contribution is -2.46. The van der Waals surface area contributed by atoms with Crippen molar-refractivity contribution < 1.29 is 9.18 Å². The van der Waals surface area contributed by atoms with E-state index in [0.717, 1.165) is 18.4 Å². The third-order valence-corrected chi connectivity index (χ3v) is 3.57. The lowest BCUT2D eigenvalue weighted by atomic mass is 10.1. The molecule has 0 aromatic heterocycles. The highest BCUT2D eigenvalue weighted by Gasteiger charge is 2.18. The second-order valence-electron chi connectivity index (χ2n) is 5.19. The molecule has 2 unspecified atom stereocenters. The Bertz CT molecular complexity index is 432. The van der Waals surface area contributed by atoms with Crippen LogP contribution >= 0.6 is 0 Å². The number of hydrogen-bond donors (Lipinski definition) is 2. The molecule has 0 fully saturated rings. The number of carbonyl (C=O) groups is 1. The molecule has 1 rings (SSSR count). The number of amides is 1. The van der Waals surface area contributed by atoms with Gasteiger partial charge in [-0.1, -0.05) is 26.0 Å². The summed E-state index contributed by atoms with van der Waals surface area (Å²) in [6, 6.07) is 6.27. The van der Waals surface area contributed by atoms with Gasteiger partial charge in [0.25, 0.3) is 0 Å². The lowest BCUT2D eigenvalue weighted by molar-refractivity contribution is -0.123. The number of hydrogen-bond acceptors (Lipinski definition) is 2. The third-order valence-electron chi connectivity index (χ3n) is 3.57. The molecule has 4 heteroatoms. The normalized spacial score (nSPS) is 14.1. The van der Waals surface area contributed by atoms with Crippen LogP contribution in [-0.4, -0.2) is 18.0 Å². The van der Waals surface area contributed by atoms with E-state index in [1.54, 1.807) is 6.07 Å². The zero-order chi connectivity index (χ0) is 15.1. The first-order valence-electron chi connectivity index (χ1n) is 7.29. The fourth-order valence-corrected chi connectivity index (χ4v) is 2.14. The Morgan fingerprint density at radius 3 is 2.45 bits per heavy atom. The van der Waals surface area contributed by atoms with E-state index < -0.39 is 0 Å². The fourth-order valence-electron chi connectivity index (χ4n) is 2.14. The highest BCUT2D eigenvalue weighted by atomic mass is 19.1. The van der Waals surface area contributed by atoms with Crippen molar-refractivity contribution in [3.8, 4) is 0 Å². The molecule has 0 saturated carbocycles. The monoisotopic (exact) mass is 280 g/mol. The van der Waals surface area contributed by atoms with E-state index in [1.165, 1.54) is 12.1 Å². The Morgan fingerprint density at radius 2 is 1.90 bits per heavy atom. The maximum atomic E-state index is 13.2. The van der Waals surface area contributed by atoms with Crippen molar-refractivity contribution in [3.63, 3.8) is 0 Å². The van der Waals surface area contributed by atoms with Crippen molar-refractivity contribution >= 4 is 5.91 Å². The molecule has 0 spiro atoms. The Morgan fingerprint density at radius 1 is 1.25 bits per heavy atom. The molecule has 1 aromatic rings. The highest BCUT2D eigenvalue weighted by molar-refractivity contribution is 5.81. The predicted octanol–water partition coefficient (Wildman–Crippen LogP) is 3.17. The molecule has 1 aromatic carbocycles. The van der Waals surface area contributed by atoms with Gasteiger partial charge in [0.15, 0.2) is 0 Å². The highest BCUT2D eigenvalue weighted by Crippen LogP contribution is 2.14. The molecule has 0 saturated heterocycles. The van der Waals surface area contributed by atoms with Crippen molar-refractivity contribution in [1.29, 1.82) is 0 Å². The predicted molar refractivity (Wildman–Crippen MR) is 79.9 cm³/mol. The largest absolute Gasteiger partial charge is 0.352 e. The standard InChI is InChI=1S/C16H25FN2O/c1-5-15(6-2)19-16(20)12(4)18-11(3)13-8-7-9-14(17)10-13/h7-12,15,18H,5-6H2,1-4H3,(H,19,20). The smallest absolute Gasteiger partial charge is 0.237 e. The lowest BCUT2D eigenvalue weighted by Gasteiger charge is -2.22. The minimum absolute atomic E-state index is 0.0121. The maximum absolute atomic E-state index is 13.2. The maximum Gasteiger partial charge on any atom is 0.237 e. The zero-order valence-electron chi connectivity index (χ0n) is 12.7. The van der Waals surface area contributed by atoms with Gasteiger partial charge in [-0.25, -0.2) is 4.39 Å². The average Bonchev–Trinajstić information content (AvgIpc) is 2.44. The fraction of sp³-hybridized carbons (Fsp3) is 0.562. The van der Waals surface area contributed by atoms with Crippen molar-refractivity contribution in [1.82, 2.24) is 10.6 Å². The molecule has 2 N–H and O–H groups in total. The molecule has 0 heterocycles. The van der Waals surface area contributed by atoms with E-state index in [2.05, 4.69) is 24.5 Å². The third kappa shape index (κ3) is 4.93. The zero-order valence-corrected chi connectivity index (χ0v) is 12.7. The van der Waals surface area contributed by atoms with Crippen LogP contribution in [0, 0.1) is 5.82 Å². The first-order chi connectivity index (χ1) is 9.47. The molecule has 112 valence electrons. The van der Waals surface area contributed by atoms with Gasteiger partial charge in [0.2, 0.25) is 5.91 Å². The topological polar surface area (TPSA) is 41.1 Å². The first kappa shape index (κ1) is 16.6. The molecular weight excluding hydrogens is 255 g/mol. The van der Waals surface area contributed by atoms with Crippen LogP contribution in [0.4, 0.5) is 4.39 Å². The van der Waals surface area contributed by atoms with E-state index in [1.807, 2.05) is 19.9 Å². The Kier molecular flexibility index (Phi) is 6.65. The number of rotatable bonds is 7. The van der Waals surface area contributed by atoms with Gasteiger partial charge in [0, 0.05) is 12.1 Å². The molecule has 0 bridgehead atoms. The number of halogens is 1. The summed E-state index contributed by atoms with van der Waals surface area (Å²) in [6.45, 7) is 7.87. The second-order valence-corrected chi connectivity index (χ2v) is 5.19. The summed E-state index contributed by atoms with van der Waals surface area (Å²) in [6.07, 6.45) is 1.85. The Labute approximate surface area is 121 Å². The minimum Gasteiger partial charge on any atom is -0.352 e. The molecule has 0 aliphatic carbocycles. The van der Waals surface area contributed by atoms with Gasteiger partial charge in [0.05, 0.1) is 6.04 Å². The van der Waals surface area contributed by atoms with Gasteiger partial charge in [-0.3, -0.25) is 10.1 Å². The SMILES string of the molecule is CCC(CC)NC(=O)C(C)NC(C)c1cccc(F)c1. The average molecular weight is 280 g/mol. The molecule has 3 nitrogen and oxygen atoms in total. The second kappa shape index (κ2) is 8.00. The van der Waals surface area contributed by atoms with Gasteiger partial charge in [0.1, 0.15) is 5.82 Å². The Hall–Kier alpha value is -1.42. The minimum atomic E-state index is -0.311. The summed E-state index contributed by atoms with van der Waals surface area (Å²) in [7, 11) is 0. The van der Waals surface area contributed by atoms with Crippen LogP contribution in [0.5, 0.6) is 0 Å². The first-order valence-corrected chi connectivity index (χ1v) is 7.29. The summed E-state index contributed by atoms with van der Waals surface area (Å²) < 4.78 is 13.2. The molecule has 0 aliphatic rings. The summed E-state index contributed by atoms with van der Waals surface area (Å²) in [5.74, 6) is -0.271. The van der Waals surface area contributed by atoms with Crippen LogP contribution < -0.4 is 10.6 Å². The van der Waals surface area contributed by atoms with Crippen molar-refractivity contribution in [3.05, 3.63) is 35.6 Å². The van der Waals surface area contributed by atoms with Gasteiger partial charge in [-0.2, -0.15) is 0 Å². The van der Waals surface area contributed by atoms with E-state index in [0.29, 0.717) is 0 Å². The molecule has 2 atom stereocenters. The number of benzene rings is 1. The van der Waals surface area contributed by atoms with Gasteiger partial charge in [-0.15, -0.1) is 0 Å². The van der Waals surface area contributed by atoms with Gasteiger partial charge in [-0.05, 0) is 44.4 Å². The summed E-state index contributed by atoms with van der Waals surface area (Å²) in [5, 5.41) is 6.21. The van der Waals surface area contributed by atoms with Crippen LogP contribution in [0.15, 0.2) is 24.3 Å². The number of carbonyl (C=O) groups excluding carboxylic acids is 1. The summed E-state index contributed by atoms with van der Waals surface area (Å²) >= 11 is 0. The summed E-state index contributed by atoms with van der Waals surface area (Å²) in [5.41, 5.74) is 0.840. The van der Waals surface area contributed by atoms with Crippen molar-refractivity contribution in [2.45, 2.75) is 58.7 Å². The quantitative estimate of drug-likeness (QED) is 0.805. The van der Waals surface area contributed by atoms with Gasteiger partial charge < -0.3 is 5.32 Å². The molecule has 20 heavy (non-hydrogen) atoms. The molecule has 1 amide bonds. The van der Waals surface area contributed by atoms with Crippen LogP contribution in [0.2, 0.25) is 0 Å².